The number of anilines is 1. The molecule has 0 unspecified atom stereocenters. The van der Waals surface area contributed by atoms with Crippen molar-refractivity contribution >= 4 is 11.4 Å². The minimum Gasteiger partial charge on any atom is -0.396 e. The second-order valence-electron chi connectivity index (χ2n) is 3.57. The molecule has 0 saturated carbocycles. The van der Waals surface area contributed by atoms with Gasteiger partial charge in [0.1, 0.15) is 0 Å². The molecule has 1 rings (SSSR count). The van der Waals surface area contributed by atoms with Crippen molar-refractivity contribution in [2.45, 2.75) is 13.3 Å². The van der Waals surface area contributed by atoms with Crippen LogP contribution in [0.4, 0.5) is 11.4 Å². The van der Waals surface area contributed by atoms with E-state index in [1.165, 1.54) is 0 Å². The van der Waals surface area contributed by atoms with Gasteiger partial charge in [-0.2, -0.15) is 0 Å². The summed E-state index contributed by atoms with van der Waals surface area (Å²) in [7, 11) is 1.97. The molecule has 1 N–H and O–H groups in total. The monoisotopic (exact) mass is 206 g/mol. The fourth-order valence-corrected chi connectivity index (χ4v) is 1.43. The Kier molecular flexibility index (Phi) is 4.07. The Morgan fingerprint density at radius 2 is 2.20 bits per heavy atom. The Labute approximate surface area is 89.8 Å². The van der Waals surface area contributed by atoms with Gasteiger partial charge < -0.3 is 10.0 Å². The summed E-state index contributed by atoms with van der Waals surface area (Å²) >= 11 is 0. The summed E-state index contributed by atoms with van der Waals surface area (Å²) in [5, 5.41) is 17.4. The summed E-state index contributed by atoms with van der Waals surface area (Å²) in [5.41, 5.74) is 2.59. The van der Waals surface area contributed by atoms with E-state index in [0.29, 0.717) is 5.69 Å². The zero-order valence-electron chi connectivity index (χ0n) is 9.14. The zero-order chi connectivity index (χ0) is 11.3. The third kappa shape index (κ3) is 2.93. The van der Waals surface area contributed by atoms with Gasteiger partial charge in [0.15, 0.2) is 4.98 Å². The zero-order valence-corrected chi connectivity index (χ0v) is 9.14. The van der Waals surface area contributed by atoms with Crippen molar-refractivity contribution in [2.75, 3.05) is 25.1 Å². The van der Waals surface area contributed by atoms with E-state index in [0.717, 1.165) is 24.2 Å². The first kappa shape index (κ1) is 11.5. The number of nitrogens with zero attached hydrogens (tertiary/aromatic N) is 3. The van der Waals surface area contributed by atoms with Crippen molar-refractivity contribution < 1.29 is 5.11 Å². The Bertz CT molecular complexity index is 371. The first-order valence-electron chi connectivity index (χ1n) is 4.96. The van der Waals surface area contributed by atoms with E-state index in [1.807, 2.05) is 26.1 Å². The maximum absolute atomic E-state index is 8.72. The Morgan fingerprint density at radius 3 is 2.73 bits per heavy atom. The van der Waals surface area contributed by atoms with Crippen LogP contribution >= 0.6 is 0 Å². The van der Waals surface area contributed by atoms with Gasteiger partial charge in [0.05, 0.1) is 0 Å². The van der Waals surface area contributed by atoms with E-state index in [1.54, 1.807) is 6.07 Å². The summed E-state index contributed by atoms with van der Waals surface area (Å²) in [6.45, 7) is 2.91. The highest BCUT2D eigenvalue weighted by Crippen LogP contribution is 2.24. The summed E-state index contributed by atoms with van der Waals surface area (Å²) in [6, 6.07) is 5.64. The molecule has 0 aliphatic carbocycles. The van der Waals surface area contributed by atoms with Gasteiger partial charge in [-0.3, -0.25) is 0 Å². The lowest BCUT2D eigenvalue weighted by Gasteiger charge is -2.18. The highest BCUT2D eigenvalue weighted by molar-refractivity contribution is 5.60. The topological polar surface area (TPSA) is 51.6 Å². The molecule has 1 aromatic rings. The Morgan fingerprint density at radius 1 is 1.47 bits per heavy atom. The van der Waals surface area contributed by atoms with Crippen LogP contribution in [-0.4, -0.2) is 25.3 Å². The smallest absolute Gasteiger partial charge is 0.388 e. The maximum Gasteiger partial charge on any atom is 0.388 e. The third-order valence-corrected chi connectivity index (χ3v) is 2.38. The van der Waals surface area contributed by atoms with Crippen LogP contribution in [0.1, 0.15) is 12.0 Å². The predicted molar refractivity (Wildman–Crippen MR) is 60.9 cm³/mol. The quantitative estimate of drug-likeness (QED) is 0.769. The van der Waals surface area contributed by atoms with Crippen molar-refractivity contribution in [3.63, 3.8) is 0 Å². The summed E-state index contributed by atoms with van der Waals surface area (Å²) in [4.78, 5) is 5.23. The van der Waals surface area contributed by atoms with Gasteiger partial charge in [0, 0.05) is 37.5 Å². The van der Waals surface area contributed by atoms with E-state index >= 15 is 0 Å². The summed E-state index contributed by atoms with van der Waals surface area (Å²) < 4.78 is 0. The molecule has 0 aliphatic heterocycles. The van der Waals surface area contributed by atoms with Gasteiger partial charge in [-0.1, -0.05) is 0 Å². The van der Waals surface area contributed by atoms with Gasteiger partial charge in [0.2, 0.25) is 5.39 Å². The van der Waals surface area contributed by atoms with Crippen LogP contribution in [0.25, 0.3) is 4.98 Å². The van der Waals surface area contributed by atoms with Crippen LogP contribution in [-0.2, 0) is 0 Å². The molecule has 0 spiro atoms. The molecule has 0 aliphatic rings. The minimum atomic E-state index is 0.202. The Hall–Kier alpha value is -1.60. The molecule has 1 aromatic carbocycles. The van der Waals surface area contributed by atoms with E-state index < -0.39 is 0 Å². The fourth-order valence-electron chi connectivity index (χ4n) is 1.43. The maximum atomic E-state index is 8.72. The predicted octanol–water partition coefficient (Wildman–Crippen LogP) is 2.30. The second kappa shape index (κ2) is 5.32. The van der Waals surface area contributed by atoms with Gasteiger partial charge in [-0.15, -0.1) is 0 Å². The highest BCUT2D eigenvalue weighted by atomic mass is 16.3. The number of hydrogen-bond acceptors (Lipinski definition) is 3. The van der Waals surface area contributed by atoms with Crippen LogP contribution in [0.5, 0.6) is 0 Å². The van der Waals surface area contributed by atoms with Crippen LogP contribution in [0, 0.1) is 12.3 Å². The number of diazo groups is 1. The minimum absolute atomic E-state index is 0.202. The summed E-state index contributed by atoms with van der Waals surface area (Å²) in [5.74, 6) is 0. The lowest BCUT2D eigenvalue weighted by Crippen LogP contribution is -2.19. The van der Waals surface area contributed by atoms with Gasteiger partial charge in [-0.25, -0.2) is 0 Å². The van der Waals surface area contributed by atoms with Crippen LogP contribution in [0.15, 0.2) is 18.2 Å². The first-order valence-corrected chi connectivity index (χ1v) is 4.96. The van der Waals surface area contributed by atoms with Crippen LogP contribution < -0.4 is 4.90 Å². The summed E-state index contributed by atoms with van der Waals surface area (Å²) in [6.07, 6.45) is 0.752. The average Bonchev–Trinajstić information content (AvgIpc) is 2.25. The lowest BCUT2D eigenvalue weighted by molar-refractivity contribution is 0.290. The third-order valence-electron chi connectivity index (χ3n) is 2.38. The van der Waals surface area contributed by atoms with E-state index in [-0.39, 0.29) is 6.61 Å². The number of benzene rings is 1. The molecule has 0 aromatic heterocycles. The molecular weight excluding hydrogens is 190 g/mol. The number of aliphatic hydroxyl groups is 1. The average molecular weight is 206 g/mol. The number of aliphatic hydroxyl groups excluding tert-OH is 1. The largest absolute Gasteiger partial charge is 0.396 e. The molecule has 4 nitrogen and oxygen atoms in total. The molecule has 0 amide bonds. The van der Waals surface area contributed by atoms with E-state index in [4.69, 9.17) is 10.5 Å². The molecule has 15 heavy (non-hydrogen) atoms. The van der Waals surface area contributed by atoms with Crippen molar-refractivity contribution in [3.05, 3.63) is 28.7 Å². The second-order valence-corrected chi connectivity index (χ2v) is 3.57. The van der Waals surface area contributed by atoms with Crippen LogP contribution in [0.3, 0.4) is 0 Å². The van der Waals surface area contributed by atoms with Crippen molar-refractivity contribution in [2.24, 2.45) is 0 Å². The standard InChI is InChI=1S/C11H16N3O/c1-9-8-10(4-5-11(9)13-12)14(2)6-3-7-15/h4-5,8,15H,3,6-7H2,1-2H3/q+1. The first-order chi connectivity index (χ1) is 7.19. The lowest BCUT2D eigenvalue weighted by atomic mass is 10.1. The highest BCUT2D eigenvalue weighted by Gasteiger charge is 2.11. The normalized spacial score (nSPS) is 9.73. The molecule has 0 fully saturated rings. The molecule has 0 radical (unpaired) electrons. The SMILES string of the molecule is Cc1cc(N(C)CCCO)ccc1[N+]#N. The number of aryl methyl sites for hydroxylation is 1. The molecule has 4 heteroatoms. The molecule has 0 bridgehead atoms. The van der Waals surface area contributed by atoms with Crippen molar-refractivity contribution in [1.82, 2.24) is 0 Å². The van der Waals surface area contributed by atoms with Crippen LogP contribution in [0.2, 0.25) is 0 Å². The fraction of sp³-hybridized carbons (Fsp3) is 0.455. The molecule has 80 valence electrons. The van der Waals surface area contributed by atoms with Gasteiger partial charge >= 0.3 is 5.69 Å². The van der Waals surface area contributed by atoms with Crippen molar-refractivity contribution in [3.8, 4) is 0 Å². The van der Waals surface area contributed by atoms with E-state index in [9.17, 15) is 0 Å². The number of rotatable bonds is 4. The van der Waals surface area contributed by atoms with Gasteiger partial charge in [-0.05, 0) is 25.5 Å². The molecule has 0 atom stereocenters. The van der Waals surface area contributed by atoms with Gasteiger partial charge in [0.25, 0.3) is 0 Å². The van der Waals surface area contributed by atoms with E-state index in [2.05, 4.69) is 9.88 Å². The Balaban J connectivity index is 2.79. The molecule has 0 saturated heterocycles. The number of hydrogen-bond donors (Lipinski definition) is 1. The van der Waals surface area contributed by atoms with Crippen molar-refractivity contribution in [1.29, 1.82) is 5.39 Å². The molecule has 0 heterocycles. The molecular formula is C11H16N3O+.